The Morgan fingerprint density at radius 1 is 1.09 bits per heavy atom. The molecule has 1 rings (SSSR count). The summed E-state index contributed by atoms with van der Waals surface area (Å²) in [6.45, 7) is 3.87. The van der Waals surface area contributed by atoms with Crippen LogP contribution in [-0.4, -0.2) is 5.78 Å². The zero-order chi connectivity index (χ0) is 8.32. The van der Waals surface area contributed by atoms with Crippen LogP contribution in [0.3, 0.4) is 0 Å². The van der Waals surface area contributed by atoms with E-state index in [0.717, 1.165) is 12.8 Å². The predicted molar refractivity (Wildman–Crippen MR) is 46.5 cm³/mol. The maximum absolute atomic E-state index is 11.3. The molecule has 0 radical (unpaired) electrons. The van der Waals surface area contributed by atoms with Crippen LogP contribution >= 0.6 is 0 Å². The van der Waals surface area contributed by atoms with Crippen LogP contribution in [-0.2, 0) is 4.79 Å². The molecule has 0 unspecified atom stereocenters. The van der Waals surface area contributed by atoms with E-state index in [4.69, 9.17) is 0 Å². The molecule has 0 aromatic carbocycles. The summed E-state index contributed by atoms with van der Waals surface area (Å²) in [5.74, 6) is 0.388. The lowest BCUT2D eigenvalue weighted by molar-refractivity contribution is -0.126. The summed E-state index contributed by atoms with van der Waals surface area (Å²) < 4.78 is 0. The molecule has 1 nitrogen and oxygen atoms in total. The van der Waals surface area contributed by atoms with Gasteiger partial charge >= 0.3 is 0 Å². The Morgan fingerprint density at radius 3 is 1.91 bits per heavy atom. The van der Waals surface area contributed by atoms with Crippen LogP contribution in [0, 0.1) is 5.41 Å². The molecule has 11 heavy (non-hydrogen) atoms. The predicted octanol–water partition coefficient (Wildman–Crippen LogP) is 2.94. The van der Waals surface area contributed by atoms with Gasteiger partial charge in [-0.05, 0) is 19.8 Å². The Labute approximate surface area is 69.2 Å². The lowest BCUT2D eigenvalue weighted by Crippen LogP contribution is -2.24. The van der Waals surface area contributed by atoms with Crippen molar-refractivity contribution >= 4 is 5.78 Å². The van der Waals surface area contributed by atoms with Crippen molar-refractivity contribution in [2.75, 3.05) is 0 Å². The monoisotopic (exact) mass is 154 g/mol. The van der Waals surface area contributed by atoms with Gasteiger partial charge in [-0.2, -0.15) is 0 Å². The van der Waals surface area contributed by atoms with Crippen molar-refractivity contribution in [2.45, 2.75) is 52.4 Å². The molecule has 0 aromatic heterocycles. The SMILES string of the molecule is CC(=O)C1(C)CCCCCC1. The van der Waals surface area contributed by atoms with Crippen LogP contribution in [0.25, 0.3) is 0 Å². The van der Waals surface area contributed by atoms with Crippen LogP contribution in [0.5, 0.6) is 0 Å². The van der Waals surface area contributed by atoms with Crippen LogP contribution < -0.4 is 0 Å². The Morgan fingerprint density at radius 2 is 1.55 bits per heavy atom. The van der Waals surface area contributed by atoms with Crippen LogP contribution in [0.4, 0.5) is 0 Å². The first-order valence-electron chi connectivity index (χ1n) is 4.66. The number of carbonyl (C=O) groups excluding carboxylic acids is 1. The third kappa shape index (κ3) is 2.05. The van der Waals surface area contributed by atoms with E-state index in [-0.39, 0.29) is 5.41 Å². The van der Waals surface area contributed by atoms with Crippen molar-refractivity contribution in [3.05, 3.63) is 0 Å². The number of hydrogen-bond acceptors (Lipinski definition) is 1. The molecule has 64 valence electrons. The van der Waals surface area contributed by atoms with Crippen LogP contribution in [0.1, 0.15) is 52.4 Å². The van der Waals surface area contributed by atoms with Gasteiger partial charge in [0.1, 0.15) is 5.78 Å². The normalized spacial score (nSPS) is 24.2. The third-order valence-electron chi connectivity index (χ3n) is 3.06. The van der Waals surface area contributed by atoms with Crippen LogP contribution in [0.2, 0.25) is 0 Å². The van der Waals surface area contributed by atoms with E-state index in [1.54, 1.807) is 6.92 Å². The molecule has 0 heterocycles. The Hall–Kier alpha value is -0.330. The summed E-state index contributed by atoms with van der Waals surface area (Å²) in [5.41, 5.74) is 0.0243. The van der Waals surface area contributed by atoms with Crippen molar-refractivity contribution in [3.8, 4) is 0 Å². The first-order valence-corrected chi connectivity index (χ1v) is 4.66. The fourth-order valence-electron chi connectivity index (χ4n) is 1.86. The molecule has 0 aliphatic heterocycles. The second-order valence-corrected chi connectivity index (χ2v) is 4.03. The molecular formula is C10H18O. The topological polar surface area (TPSA) is 17.1 Å². The van der Waals surface area contributed by atoms with Gasteiger partial charge in [0.05, 0.1) is 0 Å². The maximum Gasteiger partial charge on any atom is 0.135 e. The Balaban J connectivity index is 2.59. The Bertz CT molecular complexity index is 141. The van der Waals surface area contributed by atoms with Gasteiger partial charge in [-0.25, -0.2) is 0 Å². The minimum atomic E-state index is 0.0243. The summed E-state index contributed by atoms with van der Waals surface area (Å²) in [5, 5.41) is 0. The highest BCUT2D eigenvalue weighted by Crippen LogP contribution is 2.34. The molecule has 1 heteroatoms. The molecule has 0 aromatic rings. The van der Waals surface area contributed by atoms with Gasteiger partial charge in [-0.1, -0.05) is 32.6 Å². The molecule has 1 aliphatic rings. The van der Waals surface area contributed by atoms with Crippen molar-refractivity contribution in [3.63, 3.8) is 0 Å². The number of hydrogen-bond donors (Lipinski definition) is 0. The van der Waals surface area contributed by atoms with Crippen molar-refractivity contribution < 1.29 is 4.79 Å². The summed E-state index contributed by atoms with van der Waals surface area (Å²) in [4.78, 5) is 11.3. The van der Waals surface area contributed by atoms with Gasteiger partial charge in [-0.3, -0.25) is 4.79 Å². The van der Waals surface area contributed by atoms with Gasteiger partial charge in [0.25, 0.3) is 0 Å². The fourth-order valence-corrected chi connectivity index (χ4v) is 1.86. The van der Waals surface area contributed by atoms with Crippen molar-refractivity contribution in [1.29, 1.82) is 0 Å². The highest BCUT2D eigenvalue weighted by Gasteiger charge is 2.29. The highest BCUT2D eigenvalue weighted by atomic mass is 16.1. The molecule has 0 atom stereocenters. The first-order chi connectivity index (χ1) is 5.15. The van der Waals surface area contributed by atoms with Crippen LogP contribution in [0.15, 0.2) is 0 Å². The zero-order valence-corrected chi connectivity index (χ0v) is 7.65. The molecule has 0 spiro atoms. The van der Waals surface area contributed by atoms with Gasteiger partial charge in [0.15, 0.2) is 0 Å². The van der Waals surface area contributed by atoms with Gasteiger partial charge < -0.3 is 0 Å². The average Bonchev–Trinajstić information content (AvgIpc) is 2.15. The Kier molecular flexibility index (Phi) is 2.69. The van der Waals surface area contributed by atoms with E-state index in [1.807, 2.05) is 0 Å². The smallest absolute Gasteiger partial charge is 0.135 e. The quantitative estimate of drug-likeness (QED) is 0.531. The molecule has 0 N–H and O–H groups in total. The minimum Gasteiger partial charge on any atom is -0.299 e. The number of ketones is 1. The molecule has 1 saturated carbocycles. The standard InChI is InChI=1S/C10H18O/c1-9(11)10(2)7-5-3-4-6-8-10/h3-8H2,1-2H3. The third-order valence-corrected chi connectivity index (χ3v) is 3.06. The molecule has 0 amide bonds. The van der Waals surface area contributed by atoms with E-state index in [0.29, 0.717) is 5.78 Å². The first kappa shape index (κ1) is 8.76. The van der Waals surface area contributed by atoms with E-state index in [2.05, 4.69) is 6.92 Å². The maximum atomic E-state index is 11.3. The molecule has 0 bridgehead atoms. The lowest BCUT2D eigenvalue weighted by atomic mass is 9.79. The van der Waals surface area contributed by atoms with Gasteiger partial charge in [-0.15, -0.1) is 0 Å². The van der Waals surface area contributed by atoms with E-state index >= 15 is 0 Å². The fraction of sp³-hybridized carbons (Fsp3) is 0.900. The van der Waals surface area contributed by atoms with Gasteiger partial charge in [0.2, 0.25) is 0 Å². The second-order valence-electron chi connectivity index (χ2n) is 4.03. The number of carbonyl (C=O) groups is 1. The van der Waals surface area contributed by atoms with Crippen molar-refractivity contribution in [1.82, 2.24) is 0 Å². The van der Waals surface area contributed by atoms with E-state index in [9.17, 15) is 4.79 Å². The van der Waals surface area contributed by atoms with Gasteiger partial charge in [0, 0.05) is 5.41 Å². The number of Topliss-reactive ketones (excluding diaryl/α,β-unsaturated/α-hetero) is 1. The summed E-state index contributed by atoms with van der Waals surface area (Å²) in [6.07, 6.45) is 7.36. The van der Waals surface area contributed by atoms with E-state index in [1.165, 1.54) is 25.7 Å². The highest BCUT2D eigenvalue weighted by molar-refractivity contribution is 5.81. The zero-order valence-electron chi connectivity index (χ0n) is 7.65. The largest absolute Gasteiger partial charge is 0.299 e. The minimum absolute atomic E-state index is 0.0243. The molecule has 0 saturated heterocycles. The lowest BCUT2D eigenvalue weighted by Gasteiger charge is -2.24. The van der Waals surface area contributed by atoms with E-state index < -0.39 is 0 Å². The summed E-state index contributed by atoms with van der Waals surface area (Å²) in [6, 6.07) is 0. The molecule has 1 aliphatic carbocycles. The van der Waals surface area contributed by atoms with Crippen molar-refractivity contribution in [2.24, 2.45) is 5.41 Å². The summed E-state index contributed by atoms with van der Waals surface area (Å²) in [7, 11) is 0. The summed E-state index contributed by atoms with van der Waals surface area (Å²) >= 11 is 0. The second kappa shape index (κ2) is 3.38. The average molecular weight is 154 g/mol. The number of rotatable bonds is 1. The molecular weight excluding hydrogens is 136 g/mol. The molecule has 1 fully saturated rings.